The van der Waals surface area contributed by atoms with Crippen molar-refractivity contribution in [1.82, 2.24) is 24.4 Å². The number of aromatic nitrogens is 5. The van der Waals surface area contributed by atoms with Gasteiger partial charge in [0, 0.05) is 6.42 Å². The molecule has 108 valence electrons. The minimum Gasteiger partial charge on any atom is -0.382 e. The van der Waals surface area contributed by atoms with Gasteiger partial charge in [-0.05, 0) is 0 Å². The monoisotopic (exact) mass is 287 g/mol. The van der Waals surface area contributed by atoms with Gasteiger partial charge < -0.3 is 5.73 Å². The van der Waals surface area contributed by atoms with E-state index in [4.69, 9.17) is 12.2 Å². The van der Waals surface area contributed by atoms with Crippen LogP contribution in [0.25, 0.3) is 5.65 Å². The van der Waals surface area contributed by atoms with E-state index in [0.29, 0.717) is 6.42 Å². The van der Waals surface area contributed by atoms with Gasteiger partial charge in [-0.2, -0.15) is 4.68 Å². The number of carbonyl (C=O) groups is 1. The van der Waals surface area contributed by atoms with Crippen molar-refractivity contribution >= 4 is 17.3 Å². The predicted octanol–water partition coefficient (Wildman–Crippen LogP) is -1.40. The van der Waals surface area contributed by atoms with E-state index in [9.17, 15) is 9.59 Å². The van der Waals surface area contributed by atoms with Gasteiger partial charge in [0.25, 0.3) is 0 Å². The number of Topliss-reactive ketones (excluding diaryl/α,β-unsaturated/α-hetero) is 1. The normalized spacial score (nSPS) is 11.5. The molecule has 2 heterocycles. The fraction of sp³-hybridized carbons (Fsp3) is 0.333. The fourth-order valence-electron chi connectivity index (χ4n) is 1.56. The first-order valence-corrected chi connectivity index (χ1v) is 6.14. The highest BCUT2D eigenvalue weighted by Crippen LogP contribution is 2.02. The molecule has 0 saturated carbocycles. The molecule has 0 spiro atoms. The molecule has 0 aromatic carbocycles. The van der Waals surface area contributed by atoms with Gasteiger partial charge in [0.15, 0.2) is 17.1 Å². The van der Waals surface area contributed by atoms with Crippen LogP contribution in [0.1, 0.15) is 19.0 Å². The van der Waals surface area contributed by atoms with E-state index in [1.165, 1.54) is 10.7 Å². The van der Waals surface area contributed by atoms with E-state index in [0.717, 1.165) is 4.68 Å². The number of amidine groups is 1. The van der Waals surface area contributed by atoms with E-state index >= 15 is 0 Å². The summed E-state index contributed by atoms with van der Waals surface area (Å²) in [6.07, 6.45) is 6.77. The standard InChI is InChI=1S/C12H13N7O2/c1-3-5-19-12(21)18-7-15-9(11(18)16-17-19)10(13)14-6-8(20)4-2/h1,7H,4-6H2,2H3,(H2,13,14). The summed E-state index contributed by atoms with van der Waals surface area (Å²) in [5.74, 6) is 2.28. The molecule has 2 aromatic rings. The summed E-state index contributed by atoms with van der Waals surface area (Å²) in [6.45, 7) is 1.70. The van der Waals surface area contributed by atoms with Gasteiger partial charge >= 0.3 is 5.69 Å². The molecule has 0 radical (unpaired) electrons. The summed E-state index contributed by atoms with van der Waals surface area (Å²) >= 11 is 0. The molecule has 9 nitrogen and oxygen atoms in total. The minimum absolute atomic E-state index is 0.00383. The second-order valence-electron chi connectivity index (χ2n) is 4.11. The number of imidazole rings is 1. The van der Waals surface area contributed by atoms with Crippen molar-refractivity contribution in [2.75, 3.05) is 6.54 Å². The number of nitrogens with two attached hydrogens (primary N) is 1. The lowest BCUT2D eigenvalue weighted by Gasteiger charge is -2.00. The summed E-state index contributed by atoms with van der Waals surface area (Å²) in [5, 5.41) is 7.56. The van der Waals surface area contributed by atoms with Gasteiger partial charge in [0.05, 0.1) is 6.54 Å². The quantitative estimate of drug-likeness (QED) is 0.410. The largest absolute Gasteiger partial charge is 0.382 e. The van der Waals surface area contributed by atoms with Crippen molar-refractivity contribution in [1.29, 1.82) is 0 Å². The molecular weight excluding hydrogens is 274 g/mol. The number of fused-ring (bicyclic) bond motifs is 1. The maximum absolute atomic E-state index is 12.0. The second-order valence-corrected chi connectivity index (χ2v) is 4.11. The molecule has 0 aliphatic heterocycles. The molecule has 0 bridgehead atoms. The lowest BCUT2D eigenvalue weighted by molar-refractivity contribution is -0.117. The van der Waals surface area contributed by atoms with Gasteiger partial charge in [-0.3, -0.25) is 9.79 Å². The molecule has 0 aliphatic carbocycles. The zero-order chi connectivity index (χ0) is 15.4. The van der Waals surface area contributed by atoms with Crippen molar-refractivity contribution in [3.63, 3.8) is 0 Å². The average Bonchev–Trinajstić information content (AvgIpc) is 2.92. The van der Waals surface area contributed by atoms with Crippen LogP contribution in [-0.4, -0.2) is 42.5 Å². The van der Waals surface area contributed by atoms with E-state index in [-0.39, 0.29) is 36.0 Å². The van der Waals surface area contributed by atoms with Crippen LogP contribution in [0.2, 0.25) is 0 Å². The Balaban J connectivity index is 2.44. The SMILES string of the molecule is C#CCn1nnc2c(C(N)=NCC(=O)CC)ncn2c1=O. The lowest BCUT2D eigenvalue weighted by Crippen LogP contribution is -2.30. The van der Waals surface area contributed by atoms with Crippen molar-refractivity contribution in [2.45, 2.75) is 19.9 Å². The molecule has 2 N–H and O–H groups in total. The zero-order valence-electron chi connectivity index (χ0n) is 11.4. The number of nitrogens with zero attached hydrogens (tertiary/aromatic N) is 6. The lowest BCUT2D eigenvalue weighted by atomic mass is 10.3. The topological polar surface area (TPSA) is 121 Å². The number of ketones is 1. The number of terminal acetylenes is 1. The summed E-state index contributed by atoms with van der Waals surface area (Å²) < 4.78 is 2.19. The number of hydrogen-bond donors (Lipinski definition) is 1. The van der Waals surface area contributed by atoms with Gasteiger partial charge in [-0.25, -0.2) is 14.2 Å². The average molecular weight is 287 g/mol. The van der Waals surface area contributed by atoms with Crippen molar-refractivity contribution in [2.24, 2.45) is 10.7 Å². The van der Waals surface area contributed by atoms with Crippen LogP contribution in [0.3, 0.4) is 0 Å². The molecule has 2 rings (SSSR count). The zero-order valence-corrected chi connectivity index (χ0v) is 11.4. The first kappa shape index (κ1) is 14.4. The third-order valence-electron chi connectivity index (χ3n) is 2.72. The highest BCUT2D eigenvalue weighted by atomic mass is 16.2. The summed E-state index contributed by atoms with van der Waals surface area (Å²) in [7, 11) is 0. The van der Waals surface area contributed by atoms with Crippen molar-refractivity contribution in [3.05, 3.63) is 22.5 Å². The van der Waals surface area contributed by atoms with Gasteiger partial charge in [0.2, 0.25) is 0 Å². The summed E-state index contributed by atoms with van der Waals surface area (Å²) in [4.78, 5) is 31.2. The van der Waals surface area contributed by atoms with E-state index in [1.807, 2.05) is 0 Å². The van der Waals surface area contributed by atoms with Crippen LogP contribution < -0.4 is 11.4 Å². The Bertz CT molecular complexity index is 809. The fourth-order valence-corrected chi connectivity index (χ4v) is 1.56. The Morgan fingerprint density at radius 3 is 3.00 bits per heavy atom. The molecule has 0 atom stereocenters. The maximum atomic E-state index is 12.0. The van der Waals surface area contributed by atoms with Crippen LogP contribution in [0, 0.1) is 12.3 Å². The Morgan fingerprint density at radius 1 is 1.57 bits per heavy atom. The van der Waals surface area contributed by atoms with Crippen LogP contribution in [-0.2, 0) is 11.3 Å². The molecule has 0 aliphatic rings. The Morgan fingerprint density at radius 2 is 2.33 bits per heavy atom. The Kier molecular flexibility index (Phi) is 4.08. The molecule has 0 unspecified atom stereocenters. The van der Waals surface area contributed by atoms with E-state index in [1.54, 1.807) is 6.92 Å². The minimum atomic E-state index is -0.478. The first-order chi connectivity index (χ1) is 10.1. The Labute approximate surface area is 119 Å². The van der Waals surface area contributed by atoms with Crippen LogP contribution in [0.15, 0.2) is 16.1 Å². The second kappa shape index (κ2) is 5.96. The highest BCUT2D eigenvalue weighted by molar-refractivity contribution is 6.01. The maximum Gasteiger partial charge on any atom is 0.353 e. The van der Waals surface area contributed by atoms with E-state index in [2.05, 4.69) is 26.2 Å². The van der Waals surface area contributed by atoms with Crippen molar-refractivity contribution < 1.29 is 4.79 Å². The molecular formula is C12H13N7O2. The third-order valence-corrected chi connectivity index (χ3v) is 2.72. The van der Waals surface area contributed by atoms with Crippen LogP contribution >= 0.6 is 0 Å². The number of aliphatic imine (C=N–C) groups is 1. The molecule has 2 aromatic heterocycles. The van der Waals surface area contributed by atoms with Gasteiger partial charge in [-0.1, -0.05) is 18.1 Å². The molecule has 0 saturated heterocycles. The number of rotatable bonds is 5. The summed E-state index contributed by atoms with van der Waals surface area (Å²) in [5.41, 5.74) is 5.66. The van der Waals surface area contributed by atoms with Gasteiger partial charge in [0.1, 0.15) is 18.7 Å². The predicted molar refractivity (Wildman–Crippen MR) is 74.8 cm³/mol. The smallest absolute Gasteiger partial charge is 0.353 e. The third kappa shape index (κ3) is 2.79. The number of carbonyl (C=O) groups excluding carboxylic acids is 1. The molecule has 9 heteroatoms. The van der Waals surface area contributed by atoms with E-state index < -0.39 is 5.69 Å². The van der Waals surface area contributed by atoms with Gasteiger partial charge in [-0.15, -0.1) is 11.5 Å². The van der Waals surface area contributed by atoms with Crippen molar-refractivity contribution in [3.8, 4) is 12.3 Å². The first-order valence-electron chi connectivity index (χ1n) is 6.14. The Hall–Kier alpha value is -3.02. The highest BCUT2D eigenvalue weighted by Gasteiger charge is 2.14. The summed E-state index contributed by atoms with van der Waals surface area (Å²) in [6, 6.07) is 0. The van der Waals surface area contributed by atoms with Crippen LogP contribution in [0.5, 0.6) is 0 Å². The molecule has 0 amide bonds. The number of hydrogen-bond acceptors (Lipinski definition) is 6. The molecule has 0 fully saturated rings. The molecule has 21 heavy (non-hydrogen) atoms. The van der Waals surface area contributed by atoms with Crippen LogP contribution in [0.4, 0.5) is 0 Å².